The van der Waals surface area contributed by atoms with Crippen LogP contribution >= 0.6 is 0 Å². The van der Waals surface area contributed by atoms with Gasteiger partial charge in [-0.25, -0.2) is 9.37 Å². The molecule has 0 aliphatic heterocycles. The molecule has 0 saturated carbocycles. The molecule has 0 atom stereocenters. The molecular formula is C13H8FN5. The lowest BCUT2D eigenvalue weighted by Crippen LogP contribution is -2.06. The van der Waals surface area contributed by atoms with Crippen molar-refractivity contribution in [1.29, 1.82) is 5.26 Å². The summed E-state index contributed by atoms with van der Waals surface area (Å²) < 4.78 is 14.0. The van der Waals surface area contributed by atoms with Gasteiger partial charge in [0.05, 0.1) is 11.3 Å². The highest BCUT2D eigenvalue weighted by Crippen LogP contribution is 2.30. The second-order valence-electron chi connectivity index (χ2n) is 3.61. The van der Waals surface area contributed by atoms with Crippen LogP contribution in [0.2, 0.25) is 0 Å². The molecule has 6 heteroatoms. The number of hydrogen-bond donors (Lipinski definition) is 2. The van der Waals surface area contributed by atoms with Crippen LogP contribution in [0.4, 0.5) is 16.2 Å². The van der Waals surface area contributed by atoms with Crippen LogP contribution in [0, 0.1) is 29.5 Å². The Kier molecular flexibility index (Phi) is 3.01. The standard InChI is InChI=1S/C13H8FN5/c1-2-7-4-3-5-9(14)10(7)11-8(6-15)12(16)19-13(17)18-11/h1,3-5H,(H4,16,17,18,19). The zero-order chi connectivity index (χ0) is 14.0. The molecule has 0 aliphatic rings. The van der Waals surface area contributed by atoms with E-state index in [1.807, 2.05) is 6.07 Å². The minimum Gasteiger partial charge on any atom is -0.382 e. The number of terminal acetylenes is 1. The average Bonchev–Trinajstić information content (AvgIpc) is 2.37. The monoisotopic (exact) mass is 253 g/mol. The summed E-state index contributed by atoms with van der Waals surface area (Å²) in [6, 6.07) is 6.04. The van der Waals surface area contributed by atoms with Gasteiger partial charge in [-0.1, -0.05) is 12.0 Å². The van der Waals surface area contributed by atoms with E-state index < -0.39 is 5.82 Å². The van der Waals surface area contributed by atoms with Crippen molar-refractivity contribution in [2.75, 3.05) is 11.5 Å². The third-order valence-corrected chi connectivity index (χ3v) is 2.47. The van der Waals surface area contributed by atoms with E-state index in [2.05, 4.69) is 15.9 Å². The van der Waals surface area contributed by atoms with Gasteiger partial charge in [-0.3, -0.25) is 0 Å². The van der Waals surface area contributed by atoms with E-state index in [4.69, 9.17) is 23.2 Å². The molecule has 2 rings (SSSR count). The first-order valence-corrected chi connectivity index (χ1v) is 5.17. The number of anilines is 2. The lowest BCUT2D eigenvalue weighted by molar-refractivity contribution is 0.630. The summed E-state index contributed by atoms with van der Waals surface area (Å²) in [4.78, 5) is 7.54. The molecular weight excluding hydrogens is 245 g/mol. The van der Waals surface area contributed by atoms with Crippen LogP contribution in [0.5, 0.6) is 0 Å². The van der Waals surface area contributed by atoms with Gasteiger partial charge in [-0.15, -0.1) is 6.42 Å². The Morgan fingerprint density at radius 2 is 2.00 bits per heavy atom. The number of benzene rings is 1. The molecule has 19 heavy (non-hydrogen) atoms. The fourth-order valence-electron chi connectivity index (χ4n) is 1.67. The Morgan fingerprint density at radius 1 is 1.26 bits per heavy atom. The maximum atomic E-state index is 14.0. The Morgan fingerprint density at radius 3 is 2.63 bits per heavy atom. The molecule has 1 aromatic carbocycles. The Hall–Kier alpha value is -3.12. The van der Waals surface area contributed by atoms with Crippen molar-refractivity contribution in [2.24, 2.45) is 0 Å². The second kappa shape index (κ2) is 4.63. The third-order valence-electron chi connectivity index (χ3n) is 2.47. The van der Waals surface area contributed by atoms with Gasteiger partial charge in [0.2, 0.25) is 5.95 Å². The molecule has 0 fully saturated rings. The van der Waals surface area contributed by atoms with Gasteiger partial charge in [0, 0.05) is 5.56 Å². The van der Waals surface area contributed by atoms with Crippen LogP contribution in [-0.4, -0.2) is 9.97 Å². The largest absolute Gasteiger partial charge is 0.382 e. The topological polar surface area (TPSA) is 102 Å². The van der Waals surface area contributed by atoms with Crippen molar-refractivity contribution < 1.29 is 4.39 Å². The number of nitriles is 1. The van der Waals surface area contributed by atoms with E-state index in [-0.39, 0.29) is 34.2 Å². The number of halogens is 1. The molecule has 0 amide bonds. The summed E-state index contributed by atoms with van der Waals surface area (Å²) in [5, 5.41) is 9.08. The van der Waals surface area contributed by atoms with Crippen molar-refractivity contribution in [3.8, 4) is 29.7 Å². The summed E-state index contributed by atoms with van der Waals surface area (Å²) >= 11 is 0. The highest BCUT2D eigenvalue weighted by molar-refractivity contribution is 5.77. The minimum absolute atomic E-state index is 0.00134. The van der Waals surface area contributed by atoms with E-state index >= 15 is 0 Å². The zero-order valence-corrected chi connectivity index (χ0v) is 9.68. The molecule has 0 saturated heterocycles. The summed E-state index contributed by atoms with van der Waals surface area (Å²) in [6.07, 6.45) is 5.32. The molecule has 0 bridgehead atoms. The molecule has 92 valence electrons. The number of nitrogens with two attached hydrogens (primary N) is 2. The predicted molar refractivity (Wildman–Crippen MR) is 68.9 cm³/mol. The van der Waals surface area contributed by atoms with Crippen molar-refractivity contribution in [3.63, 3.8) is 0 Å². The van der Waals surface area contributed by atoms with Gasteiger partial charge in [-0.2, -0.15) is 10.2 Å². The highest BCUT2D eigenvalue weighted by atomic mass is 19.1. The molecule has 0 spiro atoms. The first-order chi connectivity index (χ1) is 9.08. The Bertz CT molecular complexity index is 740. The van der Waals surface area contributed by atoms with E-state index in [1.165, 1.54) is 18.2 Å². The summed E-state index contributed by atoms with van der Waals surface area (Å²) in [7, 11) is 0. The molecule has 5 nitrogen and oxygen atoms in total. The number of hydrogen-bond acceptors (Lipinski definition) is 5. The predicted octanol–water partition coefficient (Wildman–Crippen LogP) is 1.30. The normalized spacial score (nSPS) is 9.63. The van der Waals surface area contributed by atoms with Crippen molar-refractivity contribution in [2.45, 2.75) is 0 Å². The highest BCUT2D eigenvalue weighted by Gasteiger charge is 2.18. The molecule has 1 aromatic heterocycles. The Labute approximate surface area is 108 Å². The van der Waals surface area contributed by atoms with Gasteiger partial charge < -0.3 is 11.5 Å². The molecule has 4 N–H and O–H groups in total. The first kappa shape index (κ1) is 12.3. The maximum absolute atomic E-state index is 14.0. The average molecular weight is 253 g/mol. The molecule has 0 unspecified atom stereocenters. The Balaban J connectivity index is 2.88. The third kappa shape index (κ3) is 2.03. The van der Waals surface area contributed by atoms with Crippen LogP contribution in [0.15, 0.2) is 18.2 Å². The van der Waals surface area contributed by atoms with Crippen LogP contribution in [0.25, 0.3) is 11.3 Å². The number of nitrogen functional groups attached to an aromatic ring is 2. The van der Waals surface area contributed by atoms with Crippen molar-refractivity contribution in [3.05, 3.63) is 35.1 Å². The lowest BCUT2D eigenvalue weighted by Gasteiger charge is -2.09. The SMILES string of the molecule is C#Cc1cccc(F)c1-c1nc(N)nc(N)c1C#N. The molecule has 1 heterocycles. The van der Waals surface area contributed by atoms with Crippen LogP contribution in [-0.2, 0) is 0 Å². The molecule has 0 aliphatic carbocycles. The maximum Gasteiger partial charge on any atom is 0.222 e. The van der Waals surface area contributed by atoms with E-state index in [9.17, 15) is 4.39 Å². The van der Waals surface area contributed by atoms with Crippen molar-refractivity contribution >= 4 is 11.8 Å². The summed E-state index contributed by atoms with van der Waals surface area (Å²) in [5.41, 5.74) is 11.3. The quantitative estimate of drug-likeness (QED) is 0.746. The van der Waals surface area contributed by atoms with Crippen LogP contribution in [0.1, 0.15) is 11.1 Å². The fraction of sp³-hybridized carbons (Fsp3) is 0. The summed E-state index contributed by atoms with van der Waals surface area (Å²) in [5.74, 6) is 1.46. The van der Waals surface area contributed by atoms with Crippen LogP contribution in [0.3, 0.4) is 0 Å². The number of rotatable bonds is 1. The van der Waals surface area contributed by atoms with E-state index in [0.29, 0.717) is 0 Å². The van der Waals surface area contributed by atoms with Gasteiger partial charge in [-0.05, 0) is 12.1 Å². The molecule has 0 radical (unpaired) electrons. The minimum atomic E-state index is -0.607. The fourth-order valence-corrected chi connectivity index (χ4v) is 1.67. The number of aromatic nitrogens is 2. The van der Waals surface area contributed by atoms with E-state index in [1.54, 1.807) is 0 Å². The van der Waals surface area contributed by atoms with Gasteiger partial charge in [0.25, 0.3) is 0 Å². The van der Waals surface area contributed by atoms with Crippen molar-refractivity contribution in [1.82, 2.24) is 9.97 Å². The second-order valence-corrected chi connectivity index (χ2v) is 3.61. The molecule has 2 aromatic rings. The summed E-state index contributed by atoms with van der Waals surface area (Å²) in [6.45, 7) is 0. The van der Waals surface area contributed by atoms with Gasteiger partial charge >= 0.3 is 0 Å². The van der Waals surface area contributed by atoms with Gasteiger partial charge in [0.15, 0.2) is 0 Å². The number of nitrogens with zero attached hydrogens (tertiary/aromatic N) is 3. The van der Waals surface area contributed by atoms with E-state index in [0.717, 1.165) is 0 Å². The first-order valence-electron chi connectivity index (χ1n) is 5.17. The smallest absolute Gasteiger partial charge is 0.222 e. The van der Waals surface area contributed by atoms with Gasteiger partial charge in [0.1, 0.15) is 23.3 Å². The van der Waals surface area contributed by atoms with Crippen LogP contribution < -0.4 is 11.5 Å². The lowest BCUT2D eigenvalue weighted by atomic mass is 10.0. The zero-order valence-electron chi connectivity index (χ0n) is 9.68.